The summed E-state index contributed by atoms with van der Waals surface area (Å²) >= 11 is 5.56. The summed E-state index contributed by atoms with van der Waals surface area (Å²) in [4.78, 5) is 27.8. The smallest absolute Gasteiger partial charge is 0.417 e. The first-order valence-corrected chi connectivity index (χ1v) is 10.3. The Morgan fingerprint density at radius 2 is 1.97 bits per heavy atom. The van der Waals surface area contributed by atoms with Crippen LogP contribution in [0.15, 0.2) is 49.2 Å². The van der Waals surface area contributed by atoms with E-state index >= 15 is 0 Å². The molecule has 2 amide bonds. The topological polar surface area (TPSA) is 101 Å². The predicted molar refractivity (Wildman–Crippen MR) is 115 cm³/mol. The summed E-state index contributed by atoms with van der Waals surface area (Å²) in [6.45, 7) is 2.81. The minimum Gasteiger partial charge on any atom is -0.484 e. The quantitative estimate of drug-likeness (QED) is 0.323. The molecule has 3 N–H and O–H groups in total. The van der Waals surface area contributed by atoms with Gasteiger partial charge in [-0.15, -0.1) is 6.58 Å². The number of hydrogen-bond acceptors (Lipinski definition) is 5. The van der Waals surface area contributed by atoms with Gasteiger partial charge in [-0.25, -0.2) is 4.39 Å². The molecule has 0 fully saturated rings. The molecule has 1 aromatic carbocycles. The molecule has 0 aliphatic rings. The van der Waals surface area contributed by atoms with E-state index in [1.165, 1.54) is 18.2 Å². The van der Waals surface area contributed by atoms with Gasteiger partial charge in [-0.05, 0) is 30.7 Å². The number of alkyl halides is 3. The molecule has 184 valence electrons. The fourth-order valence-corrected chi connectivity index (χ4v) is 2.81. The third-order valence-electron chi connectivity index (χ3n) is 4.54. The number of halogens is 5. The van der Waals surface area contributed by atoms with E-state index in [-0.39, 0.29) is 36.0 Å². The highest BCUT2D eigenvalue weighted by Gasteiger charge is 2.30. The lowest BCUT2D eigenvalue weighted by Gasteiger charge is -2.17. The maximum Gasteiger partial charge on any atom is 0.417 e. The Labute approximate surface area is 197 Å². The van der Waals surface area contributed by atoms with Crippen LogP contribution in [0.5, 0.6) is 5.75 Å². The normalized spacial score (nSPS) is 13.0. The van der Waals surface area contributed by atoms with E-state index in [0.717, 1.165) is 18.2 Å². The van der Waals surface area contributed by atoms with E-state index in [2.05, 4.69) is 22.2 Å². The largest absolute Gasteiger partial charge is 0.484 e. The molecule has 34 heavy (non-hydrogen) atoms. The summed E-state index contributed by atoms with van der Waals surface area (Å²) in [5.74, 6) is -2.52. The first-order chi connectivity index (χ1) is 16.0. The van der Waals surface area contributed by atoms with Gasteiger partial charge >= 0.3 is 6.18 Å². The van der Waals surface area contributed by atoms with Gasteiger partial charge in [0.1, 0.15) is 11.6 Å². The summed E-state index contributed by atoms with van der Waals surface area (Å²) in [5, 5.41) is 15.0. The van der Waals surface area contributed by atoms with Gasteiger partial charge in [0.05, 0.1) is 34.8 Å². The molecule has 1 unspecified atom stereocenters. The lowest BCUT2D eigenvalue weighted by molar-refractivity contribution is -0.138. The number of nitrogens with zero attached hydrogens (tertiary/aromatic N) is 1. The number of aromatic nitrogens is 1. The summed E-state index contributed by atoms with van der Waals surface area (Å²) in [6.07, 6.45) is -3.70. The summed E-state index contributed by atoms with van der Waals surface area (Å²) < 4.78 is 56.2. The molecular formula is C22H22ClF4N3O4. The number of benzene rings is 1. The fraction of sp³-hybridized carbons (Fsp3) is 0.318. The number of carbonyl (C=O) groups is 2. The van der Waals surface area contributed by atoms with Gasteiger partial charge in [0, 0.05) is 18.8 Å². The van der Waals surface area contributed by atoms with Crippen molar-refractivity contribution < 1.29 is 37.0 Å². The number of carbonyl (C=O) groups excluding carboxylic acids is 2. The third-order valence-corrected chi connectivity index (χ3v) is 4.85. The molecule has 0 spiro atoms. The molecular weight excluding hydrogens is 482 g/mol. The van der Waals surface area contributed by atoms with Crippen LogP contribution in [-0.2, 0) is 22.3 Å². The maximum atomic E-state index is 13.4. The second kappa shape index (κ2) is 12.3. The van der Waals surface area contributed by atoms with Crippen molar-refractivity contribution in [3.63, 3.8) is 0 Å². The number of rotatable bonds is 11. The van der Waals surface area contributed by atoms with Crippen molar-refractivity contribution in [3.05, 3.63) is 71.3 Å². The number of ether oxygens (including phenoxy) is 1. The Kier molecular flexibility index (Phi) is 9.82. The van der Waals surface area contributed by atoms with Gasteiger partial charge in [0.25, 0.3) is 5.91 Å². The van der Waals surface area contributed by atoms with Gasteiger partial charge in [0.2, 0.25) is 5.91 Å². The van der Waals surface area contributed by atoms with E-state index in [4.69, 9.17) is 16.3 Å². The second-order valence-electron chi connectivity index (χ2n) is 7.15. The average molecular weight is 504 g/mol. The zero-order valence-corrected chi connectivity index (χ0v) is 18.5. The average Bonchev–Trinajstić information content (AvgIpc) is 2.80. The van der Waals surface area contributed by atoms with Crippen LogP contribution in [0.25, 0.3) is 0 Å². The van der Waals surface area contributed by atoms with Crippen LogP contribution >= 0.6 is 11.6 Å². The van der Waals surface area contributed by atoms with Crippen LogP contribution in [0.2, 0.25) is 5.02 Å². The zero-order valence-electron chi connectivity index (χ0n) is 17.7. The molecule has 0 aliphatic carbocycles. The molecule has 0 bridgehead atoms. The van der Waals surface area contributed by atoms with Crippen LogP contribution in [0, 0.1) is 11.7 Å². The van der Waals surface area contributed by atoms with Crippen molar-refractivity contribution >= 4 is 23.4 Å². The van der Waals surface area contributed by atoms with Crippen LogP contribution in [0.4, 0.5) is 17.6 Å². The van der Waals surface area contributed by atoms with E-state index in [1.54, 1.807) is 0 Å². The lowest BCUT2D eigenvalue weighted by atomic mass is 10.0. The van der Waals surface area contributed by atoms with Gasteiger partial charge in [-0.1, -0.05) is 17.7 Å². The minimum atomic E-state index is -4.51. The Morgan fingerprint density at radius 3 is 2.56 bits per heavy atom. The van der Waals surface area contributed by atoms with Gasteiger partial charge < -0.3 is 20.5 Å². The number of pyridine rings is 1. The molecule has 0 saturated carbocycles. The molecule has 1 aromatic heterocycles. The van der Waals surface area contributed by atoms with Gasteiger partial charge in [-0.3, -0.25) is 14.6 Å². The van der Waals surface area contributed by atoms with Crippen LogP contribution in [-0.4, -0.2) is 41.2 Å². The Hall–Kier alpha value is -3.18. The number of aliphatic hydroxyl groups is 1. The van der Waals surface area contributed by atoms with Crippen LogP contribution in [0.1, 0.15) is 17.7 Å². The van der Waals surface area contributed by atoms with E-state index in [1.807, 2.05) is 0 Å². The molecule has 7 nitrogen and oxygen atoms in total. The SMILES string of the molecule is C=CC(C[C@@H](O)CNC(=O)COc1ccc(Cl)c(F)c1)C(=O)NCc1ccc(C(F)(F)F)cn1. The highest BCUT2D eigenvalue weighted by Crippen LogP contribution is 2.28. The molecule has 0 saturated heterocycles. The summed E-state index contributed by atoms with van der Waals surface area (Å²) in [6, 6.07) is 5.71. The number of aliphatic hydroxyl groups excluding tert-OH is 1. The van der Waals surface area contributed by atoms with Gasteiger partial charge in [-0.2, -0.15) is 13.2 Å². The van der Waals surface area contributed by atoms with Crippen molar-refractivity contribution in [1.29, 1.82) is 0 Å². The lowest BCUT2D eigenvalue weighted by Crippen LogP contribution is -2.38. The summed E-state index contributed by atoms with van der Waals surface area (Å²) in [5.41, 5.74) is -0.681. The van der Waals surface area contributed by atoms with Crippen molar-refractivity contribution in [2.24, 2.45) is 5.92 Å². The van der Waals surface area contributed by atoms with Crippen molar-refractivity contribution in [3.8, 4) is 5.75 Å². The fourth-order valence-electron chi connectivity index (χ4n) is 2.69. The Balaban J connectivity index is 1.74. The molecule has 0 radical (unpaired) electrons. The number of nitrogens with one attached hydrogen (secondary N) is 2. The molecule has 1 heterocycles. The van der Waals surface area contributed by atoms with Crippen molar-refractivity contribution in [2.75, 3.05) is 13.2 Å². The third kappa shape index (κ3) is 8.64. The van der Waals surface area contributed by atoms with E-state index in [9.17, 15) is 32.3 Å². The highest BCUT2D eigenvalue weighted by atomic mass is 35.5. The van der Waals surface area contributed by atoms with Crippen molar-refractivity contribution in [2.45, 2.75) is 25.2 Å². The van der Waals surface area contributed by atoms with Crippen molar-refractivity contribution in [1.82, 2.24) is 15.6 Å². The standard InChI is InChI=1S/C22H22ClF4N3O4/c1-2-13(21(33)30-10-15-4-3-14(9-28-15)22(25,26)27)7-16(31)11-29-20(32)12-34-17-5-6-18(23)19(24)8-17/h2-6,8-9,13,16,31H,1,7,10-12H2,(H,29,32)(H,30,33)/t13?,16-/m1/s1. The molecule has 12 heteroatoms. The molecule has 2 atom stereocenters. The van der Waals surface area contributed by atoms with Crippen LogP contribution < -0.4 is 15.4 Å². The van der Waals surface area contributed by atoms with Gasteiger partial charge in [0.15, 0.2) is 6.61 Å². The number of hydrogen-bond donors (Lipinski definition) is 3. The minimum absolute atomic E-state index is 0.0701. The van der Waals surface area contributed by atoms with E-state index in [0.29, 0.717) is 6.20 Å². The maximum absolute atomic E-state index is 13.4. The number of amides is 2. The van der Waals surface area contributed by atoms with Crippen LogP contribution in [0.3, 0.4) is 0 Å². The summed E-state index contributed by atoms with van der Waals surface area (Å²) in [7, 11) is 0. The first-order valence-electron chi connectivity index (χ1n) is 9.94. The molecule has 0 aliphatic heterocycles. The predicted octanol–water partition coefficient (Wildman–Crippen LogP) is 3.26. The second-order valence-corrected chi connectivity index (χ2v) is 7.56. The monoisotopic (exact) mass is 503 g/mol. The molecule has 2 aromatic rings. The first kappa shape index (κ1) is 27.1. The van der Waals surface area contributed by atoms with E-state index < -0.39 is 48.0 Å². The zero-order chi connectivity index (χ0) is 25.3. The molecule has 2 rings (SSSR count). The Morgan fingerprint density at radius 1 is 1.24 bits per heavy atom. The Bertz CT molecular complexity index is 1000. The highest BCUT2D eigenvalue weighted by molar-refractivity contribution is 6.30.